The number of terminal acetylenes is 1. The number of pyridine rings is 1. The molecule has 162 valence electrons. The maximum atomic E-state index is 5.96. The topological polar surface area (TPSA) is 54.2 Å². The van der Waals surface area contributed by atoms with Gasteiger partial charge in [0.05, 0.1) is 0 Å². The smallest absolute Gasteiger partial charge is 0.112 e. The van der Waals surface area contributed by atoms with Crippen molar-refractivity contribution < 1.29 is 0 Å². The molecule has 0 amide bonds. The number of unbranched alkanes of at least 4 members (excludes halogenated alkanes) is 2. The van der Waals surface area contributed by atoms with Gasteiger partial charge in [0.2, 0.25) is 0 Å². The molecule has 0 spiro atoms. The first-order chi connectivity index (χ1) is 15.1. The van der Waals surface area contributed by atoms with Crippen LogP contribution in [-0.4, -0.2) is 29.0 Å². The van der Waals surface area contributed by atoms with E-state index in [1.54, 1.807) is 6.20 Å². The first-order valence-electron chi connectivity index (χ1n) is 11.2. The van der Waals surface area contributed by atoms with Crippen LogP contribution in [0.3, 0.4) is 0 Å². The van der Waals surface area contributed by atoms with E-state index in [4.69, 9.17) is 12.2 Å². The molecule has 4 nitrogen and oxygen atoms in total. The van der Waals surface area contributed by atoms with Crippen molar-refractivity contribution in [3.63, 3.8) is 0 Å². The number of rotatable bonds is 7. The quantitative estimate of drug-likeness (QED) is 0.506. The third-order valence-electron chi connectivity index (χ3n) is 6.05. The van der Waals surface area contributed by atoms with E-state index in [1.165, 1.54) is 16.7 Å². The Hall–Kier alpha value is -3.03. The minimum Gasteiger partial charge on any atom is -0.404 e. The number of aromatic nitrogens is 1. The Kier molecular flexibility index (Phi) is 8.32. The van der Waals surface area contributed by atoms with Gasteiger partial charge in [-0.05, 0) is 73.9 Å². The van der Waals surface area contributed by atoms with E-state index >= 15 is 0 Å². The molecule has 31 heavy (non-hydrogen) atoms. The molecule has 1 atom stereocenters. The van der Waals surface area contributed by atoms with Crippen LogP contribution in [0.1, 0.15) is 49.8 Å². The number of hydrogen-bond donors (Lipinski definition) is 2. The summed E-state index contributed by atoms with van der Waals surface area (Å²) >= 11 is 0. The molecule has 1 aromatic rings. The van der Waals surface area contributed by atoms with Crippen molar-refractivity contribution in [1.29, 1.82) is 0 Å². The first-order valence-corrected chi connectivity index (χ1v) is 11.2. The predicted octanol–water partition coefficient (Wildman–Crippen LogP) is 4.59. The van der Waals surface area contributed by atoms with Crippen LogP contribution < -0.4 is 11.1 Å². The van der Waals surface area contributed by atoms with Crippen LogP contribution >= 0.6 is 0 Å². The maximum absolute atomic E-state index is 5.96. The third kappa shape index (κ3) is 6.47. The Morgan fingerprint density at radius 1 is 1.26 bits per heavy atom. The minimum absolute atomic E-state index is 0.357. The molecule has 2 saturated heterocycles. The number of nitrogens with two attached hydrogens (primary N) is 1. The zero-order valence-electron chi connectivity index (χ0n) is 18.4. The number of allylic oxidation sites excluding steroid dienone is 4. The van der Waals surface area contributed by atoms with Crippen molar-refractivity contribution >= 4 is 0 Å². The van der Waals surface area contributed by atoms with Crippen LogP contribution in [0, 0.1) is 12.3 Å². The molecule has 4 heteroatoms. The van der Waals surface area contributed by atoms with Gasteiger partial charge in [-0.1, -0.05) is 43.4 Å². The number of nitrogens with zero attached hydrogens (tertiary/aromatic N) is 2. The van der Waals surface area contributed by atoms with Crippen LogP contribution in [0.15, 0.2) is 78.5 Å². The molecule has 3 rings (SSSR count). The van der Waals surface area contributed by atoms with E-state index in [0.717, 1.165) is 69.4 Å². The summed E-state index contributed by atoms with van der Waals surface area (Å²) in [5, 5.41) is 3.33. The summed E-state index contributed by atoms with van der Waals surface area (Å²) in [7, 11) is 0. The lowest BCUT2D eigenvalue weighted by Gasteiger charge is -2.40. The second-order valence-electron chi connectivity index (χ2n) is 8.28. The molecule has 0 radical (unpaired) electrons. The van der Waals surface area contributed by atoms with Crippen molar-refractivity contribution in [1.82, 2.24) is 15.2 Å². The Labute approximate surface area is 187 Å². The van der Waals surface area contributed by atoms with Gasteiger partial charge in [0.15, 0.2) is 0 Å². The minimum atomic E-state index is 0.357. The summed E-state index contributed by atoms with van der Waals surface area (Å²) in [5.74, 6) is 2.55. The number of hydrogen-bond acceptors (Lipinski definition) is 4. The van der Waals surface area contributed by atoms with Gasteiger partial charge in [0.1, 0.15) is 5.69 Å². The zero-order valence-corrected chi connectivity index (χ0v) is 18.4. The molecule has 3 N–H and O–H groups in total. The van der Waals surface area contributed by atoms with Crippen molar-refractivity contribution in [2.24, 2.45) is 5.73 Å². The fraction of sp³-hybridized carbons (Fsp3) is 0.370. The molecule has 0 aliphatic carbocycles. The number of nitrogens with one attached hydrogen (secondary N) is 1. The summed E-state index contributed by atoms with van der Waals surface area (Å²) in [6.07, 6.45) is 23.2. The van der Waals surface area contributed by atoms with Gasteiger partial charge in [-0.15, -0.1) is 6.42 Å². The highest BCUT2D eigenvalue weighted by molar-refractivity contribution is 5.37. The highest BCUT2D eigenvalue weighted by Gasteiger charge is 2.29. The van der Waals surface area contributed by atoms with Gasteiger partial charge < -0.3 is 11.1 Å². The molecule has 0 aromatic carbocycles. The third-order valence-corrected chi connectivity index (χ3v) is 6.05. The molecule has 3 heterocycles. The zero-order chi connectivity index (χ0) is 22.1. The van der Waals surface area contributed by atoms with Gasteiger partial charge >= 0.3 is 0 Å². The molecular weight excluding hydrogens is 380 g/mol. The molecule has 2 aliphatic rings. The standard InChI is InChI=1S/C27H34N4/c1-4-26-14-13-23(19-29-26)10-8-6-5-7-9-11-24-16-17-31(20-25(24)18-28)27-15-12-21(2)30-22(27)3/h1,7,9,11,13-14,18-19,27,30H,2-3,5-6,8,10,12,15-17,20,28H2/b9-7-,24-11-,25-18+. The van der Waals surface area contributed by atoms with E-state index in [2.05, 4.69) is 58.6 Å². The van der Waals surface area contributed by atoms with Gasteiger partial charge in [-0.2, -0.15) is 0 Å². The lowest BCUT2D eigenvalue weighted by atomic mass is 9.93. The van der Waals surface area contributed by atoms with Crippen LogP contribution in [0.5, 0.6) is 0 Å². The molecule has 0 bridgehead atoms. The highest BCUT2D eigenvalue weighted by atomic mass is 15.2. The van der Waals surface area contributed by atoms with Crippen molar-refractivity contribution in [2.45, 2.75) is 51.0 Å². The summed E-state index contributed by atoms with van der Waals surface area (Å²) in [6.45, 7) is 10.1. The fourth-order valence-corrected chi connectivity index (χ4v) is 4.23. The summed E-state index contributed by atoms with van der Waals surface area (Å²) in [4.78, 5) is 6.72. The van der Waals surface area contributed by atoms with E-state index in [0.29, 0.717) is 11.7 Å². The van der Waals surface area contributed by atoms with Gasteiger partial charge in [0, 0.05) is 36.7 Å². The van der Waals surface area contributed by atoms with Gasteiger partial charge in [0.25, 0.3) is 0 Å². The molecule has 1 unspecified atom stereocenters. The molecular formula is C27H34N4. The highest BCUT2D eigenvalue weighted by Crippen LogP contribution is 2.29. The Balaban J connectivity index is 1.42. The molecule has 2 fully saturated rings. The SMILES string of the molecule is C#Cc1ccc(CCCC\C=C/C=C2/CCN(C3CCC(=C)NC3=C)C/C2=C\N)cn1. The first kappa shape index (κ1) is 22.7. The van der Waals surface area contributed by atoms with E-state index in [9.17, 15) is 0 Å². The number of aryl methyl sites for hydroxylation is 1. The number of piperidine rings is 2. The number of likely N-dealkylation sites (tertiary alicyclic amines) is 1. The van der Waals surface area contributed by atoms with Crippen molar-refractivity contribution in [3.8, 4) is 12.3 Å². The van der Waals surface area contributed by atoms with Crippen LogP contribution in [-0.2, 0) is 6.42 Å². The van der Waals surface area contributed by atoms with Crippen LogP contribution in [0.25, 0.3) is 0 Å². The van der Waals surface area contributed by atoms with Crippen LogP contribution in [0.2, 0.25) is 0 Å². The average Bonchev–Trinajstić information content (AvgIpc) is 2.79. The fourth-order valence-electron chi connectivity index (χ4n) is 4.23. The Bertz CT molecular complexity index is 912. The van der Waals surface area contributed by atoms with Crippen molar-refractivity contribution in [2.75, 3.05) is 13.1 Å². The Morgan fingerprint density at radius 2 is 2.13 bits per heavy atom. The van der Waals surface area contributed by atoms with E-state index < -0.39 is 0 Å². The summed E-state index contributed by atoms with van der Waals surface area (Å²) in [5.41, 5.74) is 12.6. The van der Waals surface area contributed by atoms with Gasteiger partial charge in [-0.3, -0.25) is 4.90 Å². The summed E-state index contributed by atoms with van der Waals surface area (Å²) < 4.78 is 0. The van der Waals surface area contributed by atoms with Gasteiger partial charge in [-0.25, -0.2) is 4.98 Å². The van der Waals surface area contributed by atoms with E-state index in [-0.39, 0.29) is 0 Å². The normalized spacial score (nSPS) is 22.7. The molecule has 2 aliphatic heterocycles. The average molecular weight is 415 g/mol. The molecule has 1 aromatic heterocycles. The van der Waals surface area contributed by atoms with Crippen LogP contribution in [0.4, 0.5) is 0 Å². The predicted molar refractivity (Wildman–Crippen MR) is 130 cm³/mol. The van der Waals surface area contributed by atoms with Crippen molar-refractivity contribution in [3.05, 3.63) is 89.7 Å². The second kappa shape index (κ2) is 11.4. The molecule has 0 saturated carbocycles. The summed E-state index contributed by atoms with van der Waals surface area (Å²) in [6, 6.07) is 4.34. The lowest BCUT2D eigenvalue weighted by molar-refractivity contribution is 0.206. The maximum Gasteiger partial charge on any atom is 0.112 e. The second-order valence-corrected chi connectivity index (χ2v) is 8.28. The monoisotopic (exact) mass is 414 g/mol. The largest absolute Gasteiger partial charge is 0.404 e. The lowest BCUT2D eigenvalue weighted by Crippen LogP contribution is -2.46. The Morgan fingerprint density at radius 3 is 2.84 bits per heavy atom. The van der Waals surface area contributed by atoms with E-state index in [1.807, 2.05) is 12.3 Å².